The standard InChI is InChI=1S/C24H18BrFN4S/c25-16-7-5-8-17(15-16)29-14-6-12-21(29)23-22(19-10-3-4-13-27-19)28-24(31)30(23)20-11-2-1-9-18(20)26/h1-15,22-23H,(H,28,31)/t22-,23-/m0/s1. The van der Waals surface area contributed by atoms with E-state index < -0.39 is 0 Å². The van der Waals surface area contributed by atoms with Gasteiger partial charge in [0.2, 0.25) is 0 Å². The first-order chi connectivity index (χ1) is 15.1. The monoisotopic (exact) mass is 492 g/mol. The zero-order valence-corrected chi connectivity index (χ0v) is 18.7. The van der Waals surface area contributed by atoms with Crippen LogP contribution in [-0.4, -0.2) is 14.7 Å². The van der Waals surface area contributed by atoms with E-state index in [1.807, 2.05) is 71.8 Å². The van der Waals surface area contributed by atoms with Crippen LogP contribution in [0.1, 0.15) is 23.5 Å². The number of hydrogen-bond acceptors (Lipinski definition) is 2. The van der Waals surface area contributed by atoms with Crippen LogP contribution in [0.4, 0.5) is 10.1 Å². The fourth-order valence-electron chi connectivity index (χ4n) is 4.06. The molecule has 1 aliphatic rings. The summed E-state index contributed by atoms with van der Waals surface area (Å²) in [6.07, 6.45) is 3.77. The molecule has 1 N–H and O–H groups in total. The Kier molecular flexibility index (Phi) is 5.29. The van der Waals surface area contributed by atoms with Crippen molar-refractivity contribution in [3.8, 4) is 5.69 Å². The normalized spacial score (nSPS) is 18.3. The third-order valence-corrected chi connectivity index (χ3v) is 6.19. The molecule has 2 aromatic heterocycles. The molecule has 7 heteroatoms. The minimum absolute atomic E-state index is 0.242. The minimum atomic E-state index is -0.320. The number of nitrogens with one attached hydrogen (secondary N) is 1. The van der Waals surface area contributed by atoms with Crippen LogP contribution in [0.15, 0.2) is 95.7 Å². The molecule has 3 heterocycles. The summed E-state index contributed by atoms with van der Waals surface area (Å²) in [5.74, 6) is -0.320. The van der Waals surface area contributed by atoms with E-state index >= 15 is 0 Å². The van der Waals surface area contributed by atoms with Crippen molar-refractivity contribution < 1.29 is 4.39 Å². The lowest BCUT2D eigenvalue weighted by Crippen LogP contribution is -2.31. The van der Waals surface area contributed by atoms with Crippen molar-refractivity contribution in [3.05, 3.63) is 113 Å². The van der Waals surface area contributed by atoms with Gasteiger partial charge >= 0.3 is 0 Å². The third-order valence-electron chi connectivity index (χ3n) is 5.38. The molecule has 0 unspecified atom stereocenters. The van der Waals surface area contributed by atoms with Crippen LogP contribution >= 0.6 is 28.1 Å². The maximum Gasteiger partial charge on any atom is 0.174 e. The minimum Gasteiger partial charge on any atom is -0.351 e. The fraction of sp³-hybridized carbons (Fsp3) is 0.0833. The number of aromatic nitrogens is 2. The Labute approximate surface area is 193 Å². The van der Waals surface area contributed by atoms with Gasteiger partial charge in [0.15, 0.2) is 5.11 Å². The summed E-state index contributed by atoms with van der Waals surface area (Å²) in [6, 6.07) is 24.1. The summed E-state index contributed by atoms with van der Waals surface area (Å²) < 4.78 is 18.0. The summed E-state index contributed by atoms with van der Waals surface area (Å²) >= 11 is 9.25. The lowest BCUT2D eigenvalue weighted by molar-refractivity contribution is 0.542. The number of anilines is 1. The average molecular weight is 493 g/mol. The van der Waals surface area contributed by atoms with Gasteiger partial charge in [-0.15, -0.1) is 0 Å². The Bertz CT molecular complexity index is 1240. The lowest BCUT2D eigenvalue weighted by atomic mass is 10.0. The number of rotatable bonds is 4. The summed E-state index contributed by atoms with van der Waals surface area (Å²) in [6.45, 7) is 0. The van der Waals surface area contributed by atoms with Crippen molar-refractivity contribution in [1.29, 1.82) is 0 Å². The molecule has 1 aliphatic heterocycles. The van der Waals surface area contributed by atoms with E-state index in [4.69, 9.17) is 12.2 Å². The smallest absolute Gasteiger partial charge is 0.174 e. The summed E-state index contributed by atoms with van der Waals surface area (Å²) in [5.41, 5.74) is 3.26. The SMILES string of the molecule is Fc1ccccc1N1C(=S)N[C@@H](c2ccccn2)[C@@H]1c1cccn1-c1cccc(Br)c1. The van der Waals surface area contributed by atoms with Crippen molar-refractivity contribution in [2.24, 2.45) is 0 Å². The third kappa shape index (κ3) is 3.64. The van der Waals surface area contributed by atoms with E-state index in [9.17, 15) is 4.39 Å². The van der Waals surface area contributed by atoms with Crippen LogP contribution in [0.25, 0.3) is 5.69 Å². The van der Waals surface area contributed by atoms with Crippen molar-refractivity contribution in [2.75, 3.05) is 4.90 Å². The van der Waals surface area contributed by atoms with E-state index in [0.717, 1.165) is 21.5 Å². The van der Waals surface area contributed by atoms with Gasteiger partial charge in [-0.25, -0.2) is 4.39 Å². The summed E-state index contributed by atoms with van der Waals surface area (Å²) in [5, 5.41) is 3.85. The summed E-state index contributed by atoms with van der Waals surface area (Å²) in [4.78, 5) is 6.42. The molecule has 2 aromatic carbocycles. The Balaban J connectivity index is 1.69. The topological polar surface area (TPSA) is 33.1 Å². The molecule has 4 aromatic rings. The zero-order chi connectivity index (χ0) is 21.4. The highest BCUT2D eigenvalue weighted by Crippen LogP contribution is 2.42. The predicted octanol–water partition coefficient (Wildman–Crippen LogP) is 5.95. The highest BCUT2D eigenvalue weighted by atomic mass is 79.9. The molecular weight excluding hydrogens is 475 g/mol. The Morgan fingerprint density at radius 2 is 1.81 bits per heavy atom. The molecule has 0 spiro atoms. The molecule has 0 radical (unpaired) electrons. The molecule has 0 saturated carbocycles. The van der Waals surface area contributed by atoms with E-state index in [1.54, 1.807) is 18.3 Å². The molecule has 0 bridgehead atoms. The van der Waals surface area contributed by atoms with E-state index in [2.05, 4.69) is 30.8 Å². The van der Waals surface area contributed by atoms with Gasteiger partial charge in [0.05, 0.1) is 17.4 Å². The largest absolute Gasteiger partial charge is 0.351 e. The molecule has 5 rings (SSSR count). The number of benzene rings is 2. The lowest BCUT2D eigenvalue weighted by Gasteiger charge is -2.29. The van der Waals surface area contributed by atoms with Crippen molar-refractivity contribution >= 4 is 38.9 Å². The van der Waals surface area contributed by atoms with Crippen molar-refractivity contribution in [2.45, 2.75) is 12.1 Å². The van der Waals surface area contributed by atoms with Crippen LogP contribution in [-0.2, 0) is 0 Å². The second-order valence-corrected chi connectivity index (χ2v) is 8.53. The van der Waals surface area contributed by atoms with E-state index in [1.165, 1.54) is 6.07 Å². The average Bonchev–Trinajstić information content (AvgIpc) is 3.39. The van der Waals surface area contributed by atoms with Crippen LogP contribution in [0.3, 0.4) is 0 Å². The molecule has 154 valence electrons. The van der Waals surface area contributed by atoms with Crippen LogP contribution in [0.2, 0.25) is 0 Å². The van der Waals surface area contributed by atoms with Crippen LogP contribution in [0, 0.1) is 5.82 Å². The first-order valence-electron chi connectivity index (χ1n) is 9.82. The van der Waals surface area contributed by atoms with Gasteiger partial charge in [-0.05, 0) is 66.8 Å². The quantitative estimate of drug-likeness (QED) is 0.356. The molecular formula is C24H18BrFN4S. The van der Waals surface area contributed by atoms with Crippen LogP contribution in [0.5, 0.6) is 0 Å². The van der Waals surface area contributed by atoms with Gasteiger partial charge < -0.3 is 14.8 Å². The molecule has 2 atom stereocenters. The number of pyridine rings is 1. The second kappa shape index (κ2) is 8.24. The molecule has 0 aliphatic carbocycles. The van der Waals surface area contributed by atoms with Crippen molar-refractivity contribution in [1.82, 2.24) is 14.9 Å². The Morgan fingerprint density at radius 1 is 0.968 bits per heavy atom. The first-order valence-corrected chi connectivity index (χ1v) is 11.0. The molecule has 4 nitrogen and oxygen atoms in total. The zero-order valence-electron chi connectivity index (χ0n) is 16.3. The Morgan fingerprint density at radius 3 is 2.58 bits per heavy atom. The van der Waals surface area contributed by atoms with Gasteiger partial charge in [0.25, 0.3) is 0 Å². The van der Waals surface area contributed by atoms with Gasteiger partial charge in [0, 0.05) is 28.2 Å². The highest BCUT2D eigenvalue weighted by Gasteiger charge is 2.42. The second-order valence-electron chi connectivity index (χ2n) is 7.23. The van der Waals surface area contributed by atoms with Gasteiger partial charge in [-0.3, -0.25) is 4.98 Å². The number of halogens is 2. The number of hydrogen-bond donors (Lipinski definition) is 1. The molecule has 1 fully saturated rings. The molecule has 1 saturated heterocycles. The van der Waals surface area contributed by atoms with E-state index in [0.29, 0.717) is 10.8 Å². The highest BCUT2D eigenvalue weighted by molar-refractivity contribution is 9.10. The van der Waals surface area contributed by atoms with Crippen LogP contribution < -0.4 is 10.2 Å². The van der Waals surface area contributed by atoms with Gasteiger partial charge in [-0.2, -0.15) is 0 Å². The number of para-hydroxylation sites is 1. The first kappa shape index (κ1) is 19.9. The fourth-order valence-corrected chi connectivity index (χ4v) is 4.78. The number of nitrogens with zero attached hydrogens (tertiary/aromatic N) is 3. The summed E-state index contributed by atoms with van der Waals surface area (Å²) in [7, 11) is 0. The van der Waals surface area contributed by atoms with Gasteiger partial charge in [0.1, 0.15) is 11.9 Å². The maximum atomic E-state index is 14.9. The Hall–Kier alpha value is -3.03. The maximum absolute atomic E-state index is 14.9. The number of thiocarbonyl (C=S) groups is 1. The molecule has 0 amide bonds. The predicted molar refractivity (Wildman–Crippen MR) is 128 cm³/mol. The van der Waals surface area contributed by atoms with Gasteiger partial charge in [-0.1, -0.05) is 40.2 Å². The van der Waals surface area contributed by atoms with E-state index in [-0.39, 0.29) is 17.9 Å². The molecule has 31 heavy (non-hydrogen) atoms. The van der Waals surface area contributed by atoms with Crippen molar-refractivity contribution in [3.63, 3.8) is 0 Å².